The van der Waals surface area contributed by atoms with Gasteiger partial charge in [0, 0.05) is 43.8 Å². The summed E-state index contributed by atoms with van der Waals surface area (Å²) in [5.74, 6) is 0.132. The largest absolute Gasteiger partial charge is 0.361 e. The fourth-order valence-electron chi connectivity index (χ4n) is 4.04. The molecule has 0 spiro atoms. The number of H-pyrrole nitrogens is 1. The number of amides is 1. The molecule has 3 aromatic rings. The zero-order chi connectivity index (χ0) is 17.9. The molecule has 1 aliphatic rings. The summed E-state index contributed by atoms with van der Waals surface area (Å²) in [5, 5.41) is 1.09. The van der Waals surface area contributed by atoms with Crippen LogP contribution in [0.5, 0.6) is 0 Å². The highest BCUT2D eigenvalue weighted by Crippen LogP contribution is 2.23. The Morgan fingerprint density at radius 3 is 2.81 bits per heavy atom. The van der Waals surface area contributed by atoms with Crippen LogP contribution in [-0.4, -0.2) is 46.4 Å². The first kappa shape index (κ1) is 16.9. The van der Waals surface area contributed by atoms with Crippen molar-refractivity contribution in [3.8, 4) is 0 Å². The average Bonchev–Trinajstić information content (AvgIpc) is 3.32. The van der Waals surface area contributed by atoms with Gasteiger partial charge in [0.2, 0.25) is 0 Å². The molecule has 4 rings (SSSR count). The van der Waals surface area contributed by atoms with Crippen LogP contribution in [0.15, 0.2) is 60.8 Å². The predicted molar refractivity (Wildman–Crippen MR) is 105 cm³/mol. The lowest BCUT2D eigenvalue weighted by molar-refractivity contribution is 0.0695. The summed E-state index contributed by atoms with van der Waals surface area (Å²) in [4.78, 5) is 20.9. The third-order valence-electron chi connectivity index (χ3n) is 5.36. The third kappa shape index (κ3) is 3.25. The number of carbonyl (C=O) groups excluding carboxylic acids is 1. The minimum absolute atomic E-state index is 0.132. The average molecular weight is 347 g/mol. The lowest BCUT2D eigenvalue weighted by Gasteiger charge is -2.28. The number of hydrogen-bond acceptors (Lipinski definition) is 2. The smallest absolute Gasteiger partial charge is 0.256 e. The fourth-order valence-corrected chi connectivity index (χ4v) is 4.04. The van der Waals surface area contributed by atoms with Gasteiger partial charge in [-0.3, -0.25) is 9.69 Å². The lowest BCUT2D eigenvalue weighted by Crippen LogP contribution is -2.41. The van der Waals surface area contributed by atoms with Gasteiger partial charge in [-0.25, -0.2) is 0 Å². The number of aromatic amines is 1. The number of aromatic nitrogens is 1. The maximum Gasteiger partial charge on any atom is 0.256 e. The molecule has 4 nitrogen and oxygen atoms in total. The van der Waals surface area contributed by atoms with Crippen LogP contribution in [0.4, 0.5) is 0 Å². The summed E-state index contributed by atoms with van der Waals surface area (Å²) in [7, 11) is 0. The Balaban J connectivity index is 1.49. The highest BCUT2D eigenvalue weighted by Gasteiger charge is 2.30. The van der Waals surface area contributed by atoms with E-state index in [0.29, 0.717) is 0 Å². The Morgan fingerprint density at radius 2 is 2.00 bits per heavy atom. The van der Waals surface area contributed by atoms with Crippen molar-refractivity contribution in [2.45, 2.75) is 25.9 Å². The van der Waals surface area contributed by atoms with E-state index in [2.05, 4.69) is 47.1 Å². The molecule has 0 aliphatic carbocycles. The van der Waals surface area contributed by atoms with Crippen molar-refractivity contribution in [3.05, 3.63) is 71.9 Å². The van der Waals surface area contributed by atoms with Gasteiger partial charge in [0.1, 0.15) is 0 Å². The molecule has 0 saturated carbocycles. The van der Waals surface area contributed by atoms with Gasteiger partial charge in [-0.1, -0.05) is 42.5 Å². The van der Waals surface area contributed by atoms with Crippen molar-refractivity contribution in [1.29, 1.82) is 0 Å². The molecule has 134 valence electrons. The van der Waals surface area contributed by atoms with Gasteiger partial charge in [-0.15, -0.1) is 0 Å². The van der Waals surface area contributed by atoms with Crippen LogP contribution in [0.3, 0.4) is 0 Å². The normalized spacial score (nSPS) is 17.7. The molecule has 1 aromatic heterocycles. The van der Waals surface area contributed by atoms with Gasteiger partial charge >= 0.3 is 0 Å². The van der Waals surface area contributed by atoms with Gasteiger partial charge in [0.25, 0.3) is 5.91 Å². The number of fused-ring (bicyclic) bond motifs is 1. The third-order valence-corrected chi connectivity index (χ3v) is 5.36. The van der Waals surface area contributed by atoms with Crippen molar-refractivity contribution < 1.29 is 4.79 Å². The number of nitrogens with zero attached hydrogens (tertiary/aromatic N) is 2. The number of likely N-dealkylation sites (N-methyl/N-ethyl adjacent to an activating group) is 1. The molecular formula is C22H25N3O. The molecule has 1 saturated heterocycles. The van der Waals surface area contributed by atoms with E-state index in [4.69, 9.17) is 0 Å². The van der Waals surface area contributed by atoms with Crippen molar-refractivity contribution in [3.63, 3.8) is 0 Å². The molecule has 1 atom stereocenters. The minimum atomic E-state index is 0.132. The van der Waals surface area contributed by atoms with Crippen molar-refractivity contribution in [2.75, 3.05) is 19.6 Å². The van der Waals surface area contributed by atoms with Gasteiger partial charge in [0.15, 0.2) is 0 Å². The fraction of sp³-hybridized carbons (Fsp3) is 0.318. The molecule has 1 N–H and O–H groups in total. The molecule has 2 aromatic carbocycles. The Bertz CT molecular complexity index is 887. The second kappa shape index (κ2) is 7.34. The molecule has 0 bridgehead atoms. The van der Waals surface area contributed by atoms with Gasteiger partial charge < -0.3 is 9.88 Å². The van der Waals surface area contributed by atoms with Crippen molar-refractivity contribution >= 4 is 16.8 Å². The van der Waals surface area contributed by atoms with E-state index in [1.165, 1.54) is 5.56 Å². The minimum Gasteiger partial charge on any atom is -0.361 e. The number of likely N-dealkylation sites (tertiary alicyclic amines) is 1. The highest BCUT2D eigenvalue weighted by molar-refractivity contribution is 6.05. The van der Waals surface area contributed by atoms with E-state index in [1.807, 2.05) is 35.4 Å². The van der Waals surface area contributed by atoms with Gasteiger partial charge in [-0.2, -0.15) is 0 Å². The zero-order valence-corrected chi connectivity index (χ0v) is 15.2. The van der Waals surface area contributed by atoms with E-state index in [-0.39, 0.29) is 11.9 Å². The Kier molecular flexibility index (Phi) is 4.76. The number of hydrogen-bond donors (Lipinski definition) is 1. The van der Waals surface area contributed by atoms with Crippen LogP contribution in [-0.2, 0) is 6.54 Å². The lowest BCUT2D eigenvalue weighted by atomic mass is 10.1. The van der Waals surface area contributed by atoms with Crippen LogP contribution >= 0.6 is 0 Å². The first-order valence-electron chi connectivity index (χ1n) is 9.39. The number of para-hydroxylation sites is 1. The summed E-state index contributed by atoms with van der Waals surface area (Å²) in [6.07, 6.45) is 2.93. The number of rotatable bonds is 5. The first-order chi connectivity index (χ1) is 12.8. The second-order valence-corrected chi connectivity index (χ2v) is 7.00. The van der Waals surface area contributed by atoms with Crippen LogP contribution < -0.4 is 0 Å². The number of benzene rings is 2. The summed E-state index contributed by atoms with van der Waals surface area (Å²) in [6, 6.07) is 18.8. The maximum absolute atomic E-state index is 13.2. The van der Waals surface area contributed by atoms with Crippen LogP contribution in [0.2, 0.25) is 0 Å². The number of carbonyl (C=O) groups is 1. The zero-order valence-electron chi connectivity index (χ0n) is 15.2. The molecule has 2 heterocycles. The molecule has 1 amide bonds. The van der Waals surface area contributed by atoms with E-state index in [1.54, 1.807) is 0 Å². The molecule has 4 heteroatoms. The Hall–Kier alpha value is -2.59. The molecule has 0 unspecified atom stereocenters. The standard InChI is InChI=1S/C22H25N3O/c1-2-25(22(26)20-10-6-9-18-11-13-23-21(18)20)19-12-14-24(16-19)15-17-7-4-3-5-8-17/h3-11,13,19,23H,2,12,14-16H2,1H3/t19-/m0/s1. The first-order valence-corrected chi connectivity index (χ1v) is 9.39. The Morgan fingerprint density at radius 1 is 1.15 bits per heavy atom. The maximum atomic E-state index is 13.2. The van der Waals surface area contributed by atoms with Crippen LogP contribution in [0.25, 0.3) is 10.9 Å². The van der Waals surface area contributed by atoms with E-state index in [0.717, 1.165) is 49.1 Å². The van der Waals surface area contributed by atoms with Crippen molar-refractivity contribution in [2.24, 2.45) is 0 Å². The van der Waals surface area contributed by atoms with E-state index in [9.17, 15) is 4.79 Å². The predicted octanol–water partition coefficient (Wildman–Crippen LogP) is 3.90. The topological polar surface area (TPSA) is 39.3 Å². The summed E-state index contributed by atoms with van der Waals surface area (Å²) >= 11 is 0. The molecule has 1 fully saturated rings. The van der Waals surface area contributed by atoms with E-state index < -0.39 is 0 Å². The van der Waals surface area contributed by atoms with Gasteiger partial charge in [-0.05, 0) is 31.0 Å². The summed E-state index contributed by atoms with van der Waals surface area (Å²) < 4.78 is 0. The van der Waals surface area contributed by atoms with Crippen LogP contribution in [0.1, 0.15) is 29.3 Å². The second-order valence-electron chi connectivity index (χ2n) is 7.00. The van der Waals surface area contributed by atoms with Crippen molar-refractivity contribution in [1.82, 2.24) is 14.8 Å². The molecule has 0 radical (unpaired) electrons. The monoisotopic (exact) mass is 347 g/mol. The quantitative estimate of drug-likeness (QED) is 0.760. The Labute approximate surface area is 154 Å². The number of nitrogens with one attached hydrogen (secondary N) is 1. The van der Waals surface area contributed by atoms with Crippen LogP contribution in [0, 0.1) is 0 Å². The summed E-state index contributed by atoms with van der Waals surface area (Å²) in [6.45, 7) is 5.74. The van der Waals surface area contributed by atoms with E-state index >= 15 is 0 Å². The van der Waals surface area contributed by atoms with Gasteiger partial charge in [0.05, 0.1) is 11.1 Å². The highest BCUT2D eigenvalue weighted by atomic mass is 16.2. The summed E-state index contributed by atoms with van der Waals surface area (Å²) in [5.41, 5.74) is 3.05. The molecule has 1 aliphatic heterocycles. The molecule has 26 heavy (non-hydrogen) atoms. The SMILES string of the molecule is CCN(C(=O)c1cccc2cc[nH]c12)[C@H]1CCN(Cc2ccccc2)C1. The molecular weight excluding hydrogens is 322 g/mol.